The van der Waals surface area contributed by atoms with Gasteiger partial charge in [0.05, 0.1) is 18.1 Å². The Morgan fingerprint density at radius 3 is 2.30 bits per heavy atom. The second kappa shape index (κ2) is 10.9. The van der Waals surface area contributed by atoms with Gasteiger partial charge < -0.3 is 9.64 Å². The van der Waals surface area contributed by atoms with E-state index in [9.17, 15) is 19.3 Å². The molecule has 0 unspecified atom stereocenters. The van der Waals surface area contributed by atoms with Gasteiger partial charge in [0.15, 0.2) is 11.0 Å². The monoisotopic (exact) mass is 519 g/mol. The molecule has 5 rings (SSSR count). The number of non-ortho nitro benzene ring substituents is 1. The Morgan fingerprint density at radius 2 is 1.65 bits per heavy atom. The fraction of sp³-hybridized carbons (Fsp3) is 0.192. The average Bonchev–Trinajstić information content (AvgIpc) is 3.36. The molecule has 0 radical (unpaired) electrons. The largest absolute Gasteiger partial charge is 0.378 e. The minimum absolute atomic E-state index is 0.00806. The summed E-state index contributed by atoms with van der Waals surface area (Å²) in [6.45, 7) is 2.28. The summed E-state index contributed by atoms with van der Waals surface area (Å²) in [7, 11) is 0. The van der Waals surface area contributed by atoms with Crippen LogP contribution in [0.4, 0.5) is 10.1 Å². The number of nitrogens with zero attached hydrogens (tertiary/aromatic N) is 5. The second-order valence-corrected chi connectivity index (χ2v) is 9.25. The molecular formula is C26H22FN5O4S. The van der Waals surface area contributed by atoms with Crippen molar-refractivity contribution in [2.75, 3.05) is 26.3 Å². The molecule has 2 heterocycles. The Kier molecular flexibility index (Phi) is 7.24. The van der Waals surface area contributed by atoms with E-state index in [4.69, 9.17) is 4.74 Å². The first kappa shape index (κ1) is 24.6. The van der Waals surface area contributed by atoms with Crippen molar-refractivity contribution in [3.8, 4) is 17.1 Å². The number of thioether (sulfide) groups is 1. The first-order valence-corrected chi connectivity index (χ1v) is 12.5. The van der Waals surface area contributed by atoms with Crippen LogP contribution >= 0.6 is 11.8 Å². The lowest BCUT2D eigenvalue weighted by Gasteiger charge is -2.26. The molecule has 1 saturated heterocycles. The molecule has 0 N–H and O–H groups in total. The second-order valence-electron chi connectivity index (χ2n) is 8.31. The van der Waals surface area contributed by atoms with E-state index >= 15 is 0 Å². The molecule has 0 saturated carbocycles. The molecule has 1 amide bonds. The minimum Gasteiger partial charge on any atom is -0.378 e. The highest BCUT2D eigenvalue weighted by Gasteiger charge is 2.20. The van der Waals surface area contributed by atoms with Gasteiger partial charge in [0.25, 0.3) is 11.6 Å². The van der Waals surface area contributed by atoms with Crippen molar-refractivity contribution in [1.29, 1.82) is 0 Å². The third kappa shape index (κ3) is 5.52. The summed E-state index contributed by atoms with van der Waals surface area (Å²) < 4.78 is 20.7. The van der Waals surface area contributed by atoms with Crippen LogP contribution in [-0.4, -0.2) is 56.8 Å². The highest BCUT2D eigenvalue weighted by Crippen LogP contribution is 2.31. The van der Waals surface area contributed by atoms with Crippen LogP contribution in [0, 0.1) is 15.9 Å². The third-order valence-electron chi connectivity index (χ3n) is 5.92. The van der Waals surface area contributed by atoms with Crippen molar-refractivity contribution in [1.82, 2.24) is 19.7 Å². The number of nitro groups is 1. The maximum atomic E-state index is 13.6. The summed E-state index contributed by atoms with van der Waals surface area (Å²) in [5.74, 6) is 0.669. The van der Waals surface area contributed by atoms with Crippen LogP contribution in [0.1, 0.15) is 15.9 Å². The lowest BCUT2D eigenvalue weighted by molar-refractivity contribution is -0.384. The van der Waals surface area contributed by atoms with Gasteiger partial charge in [-0.3, -0.25) is 19.5 Å². The molecule has 4 aromatic rings. The van der Waals surface area contributed by atoms with Crippen molar-refractivity contribution < 1.29 is 18.8 Å². The zero-order valence-corrected chi connectivity index (χ0v) is 20.4. The molecule has 0 aliphatic carbocycles. The van der Waals surface area contributed by atoms with Crippen molar-refractivity contribution >= 4 is 23.4 Å². The first-order chi connectivity index (χ1) is 18.0. The number of ether oxygens (including phenoxy) is 1. The molecule has 3 aromatic carbocycles. The van der Waals surface area contributed by atoms with E-state index in [1.807, 2.05) is 24.3 Å². The summed E-state index contributed by atoms with van der Waals surface area (Å²) in [6, 6.07) is 19.5. The third-order valence-corrected chi connectivity index (χ3v) is 6.92. The van der Waals surface area contributed by atoms with E-state index in [2.05, 4.69) is 10.2 Å². The zero-order valence-electron chi connectivity index (χ0n) is 19.6. The van der Waals surface area contributed by atoms with E-state index in [0.717, 1.165) is 5.56 Å². The maximum absolute atomic E-state index is 13.6. The Balaban J connectivity index is 1.37. The normalized spacial score (nSPS) is 13.5. The van der Waals surface area contributed by atoms with Gasteiger partial charge in [-0.2, -0.15) is 0 Å². The highest BCUT2D eigenvalue weighted by atomic mass is 32.2. The predicted octanol–water partition coefficient (Wildman–Crippen LogP) is 4.75. The molecule has 11 heteroatoms. The number of halogens is 1. The highest BCUT2D eigenvalue weighted by molar-refractivity contribution is 7.98. The van der Waals surface area contributed by atoms with Gasteiger partial charge in [-0.1, -0.05) is 23.9 Å². The molecule has 0 bridgehead atoms. The molecule has 1 aliphatic rings. The number of carbonyl (C=O) groups is 1. The Hall–Kier alpha value is -4.09. The van der Waals surface area contributed by atoms with E-state index < -0.39 is 4.92 Å². The van der Waals surface area contributed by atoms with E-state index in [0.29, 0.717) is 59.9 Å². The fourth-order valence-corrected chi connectivity index (χ4v) is 4.85. The van der Waals surface area contributed by atoms with Gasteiger partial charge in [0, 0.05) is 47.8 Å². The molecule has 188 valence electrons. The molecule has 1 aliphatic heterocycles. The summed E-state index contributed by atoms with van der Waals surface area (Å²) in [5, 5.41) is 20.3. The van der Waals surface area contributed by atoms with Crippen molar-refractivity contribution in [3.63, 3.8) is 0 Å². The molecule has 9 nitrogen and oxygen atoms in total. The van der Waals surface area contributed by atoms with Gasteiger partial charge in [0.2, 0.25) is 0 Å². The zero-order chi connectivity index (χ0) is 25.8. The Morgan fingerprint density at radius 1 is 0.973 bits per heavy atom. The van der Waals surface area contributed by atoms with Crippen LogP contribution < -0.4 is 0 Å². The van der Waals surface area contributed by atoms with Crippen LogP contribution in [-0.2, 0) is 10.5 Å². The molecule has 0 atom stereocenters. The summed E-state index contributed by atoms with van der Waals surface area (Å²) in [5.41, 5.74) is 2.90. The number of carbonyl (C=O) groups excluding carboxylic acids is 1. The predicted molar refractivity (Wildman–Crippen MR) is 136 cm³/mol. The Labute approximate surface area is 216 Å². The van der Waals surface area contributed by atoms with Gasteiger partial charge in [-0.25, -0.2) is 4.39 Å². The van der Waals surface area contributed by atoms with E-state index in [1.54, 1.807) is 33.7 Å². The van der Waals surface area contributed by atoms with Gasteiger partial charge in [0.1, 0.15) is 5.82 Å². The quantitative estimate of drug-likeness (QED) is 0.197. The molecule has 0 spiro atoms. The minimum atomic E-state index is -0.463. The number of hydrogen-bond acceptors (Lipinski definition) is 7. The lowest BCUT2D eigenvalue weighted by Crippen LogP contribution is -2.40. The fourth-order valence-electron chi connectivity index (χ4n) is 3.95. The van der Waals surface area contributed by atoms with Crippen LogP contribution in [0.3, 0.4) is 0 Å². The van der Waals surface area contributed by atoms with Crippen molar-refractivity contribution in [2.24, 2.45) is 0 Å². The van der Waals surface area contributed by atoms with Crippen LogP contribution in [0.25, 0.3) is 17.1 Å². The van der Waals surface area contributed by atoms with E-state index in [-0.39, 0.29) is 17.4 Å². The number of aromatic nitrogens is 3. The lowest BCUT2D eigenvalue weighted by atomic mass is 10.1. The van der Waals surface area contributed by atoms with Gasteiger partial charge in [-0.05, 0) is 54.1 Å². The summed E-state index contributed by atoms with van der Waals surface area (Å²) >= 11 is 1.44. The summed E-state index contributed by atoms with van der Waals surface area (Å²) in [6.07, 6.45) is 0. The first-order valence-electron chi connectivity index (χ1n) is 11.5. The average molecular weight is 520 g/mol. The molecule has 1 fully saturated rings. The number of nitro benzene ring substituents is 1. The van der Waals surface area contributed by atoms with Crippen LogP contribution in [0.5, 0.6) is 0 Å². The number of hydrogen-bond donors (Lipinski definition) is 0. The number of morpholine rings is 1. The SMILES string of the molecule is O=C(c1ccc(CSc2nnc(-c3ccc([N+](=O)[O-])cc3)n2-c2ccc(F)cc2)cc1)N1CCOCC1. The standard InChI is InChI=1S/C26H22FN5O4S/c27-21-7-11-22(12-8-21)31-24(19-5-9-23(10-6-19)32(34)35)28-29-26(31)37-17-18-1-3-20(4-2-18)25(33)30-13-15-36-16-14-30/h1-12H,13-17H2. The smallest absolute Gasteiger partial charge is 0.269 e. The maximum Gasteiger partial charge on any atom is 0.269 e. The van der Waals surface area contributed by atoms with Crippen molar-refractivity contribution in [2.45, 2.75) is 10.9 Å². The van der Waals surface area contributed by atoms with Crippen LogP contribution in [0.2, 0.25) is 0 Å². The number of rotatable bonds is 7. The van der Waals surface area contributed by atoms with Crippen molar-refractivity contribution in [3.05, 3.63) is 99.9 Å². The molecule has 37 heavy (non-hydrogen) atoms. The van der Waals surface area contributed by atoms with E-state index in [1.165, 1.54) is 36.0 Å². The topological polar surface area (TPSA) is 103 Å². The summed E-state index contributed by atoms with van der Waals surface area (Å²) in [4.78, 5) is 25.1. The Bertz CT molecular complexity index is 1400. The van der Waals surface area contributed by atoms with Gasteiger partial charge in [-0.15, -0.1) is 10.2 Å². The molecule has 1 aromatic heterocycles. The van der Waals surface area contributed by atoms with Crippen LogP contribution in [0.15, 0.2) is 78.0 Å². The number of amides is 1. The van der Waals surface area contributed by atoms with Gasteiger partial charge >= 0.3 is 0 Å². The number of benzene rings is 3. The molecular weight excluding hydrogens is 497 g/mol.